The van der Waals surface area contributed by atoms with Crippen LogP contribution in [0.15, 0.2) is 27.6 Å². The lowest BCUT2D eigenvalue weighted by molar-refractivity contribution is 0.392. The number of aromatic nitrogens is 1. The summed E-state index contributed by atoms with van der Waals surface area (Å²) in [6.45, 7) is 3.45. The molecule has 2 rings (SSSR count). The number of hydrogen-bond donors (Lipinski definition) is 1. The second kappa shape index (κ2) is 5.51. The third kappa shape index (κ3) is 3.00. The maximum Gasteiger partial charge on any atom is 0.240 e. The molecule has 108 valence electrons. The van der Waals surface area contributed by atoms with Crippen molar-refractivity contribution in [2.24, 2.45) is 0 Å². The van der Waals surface area contributed by atoms with E-state index in [-0.39, 0.29) is 16.5 Å². The minimum atomic E-state index is -3.78. The van der Waals surface area contributed by atoms with Crippen molar-refractivity contribution in [3.8, 4) is 0 Å². The first-order valence-corrected chi connectivity index (χ1v) is 7.54. The van der Waals surface area contributed by atoms with Gasteiger partial charge in [-0.25, -0.2) is 17.5 Å². The second-order valence-corrected chi connectivity index (χ2v) is 6.38. The Morgan fingerprint density at radius 1 is 1.40 bits per heavy atom. The van der Waals surface area contributed by atoms with E-state index in [4.69, 9.17) is 16.1 Å². The smallest absolute Gasteiger partial charge is 0.240 e. The second-order valence-electron chi connectivity index (χ2n) is 4.20. The molecule has 8 heteroatoms. The van der Waals surface area contributed by atoms with Crippen molar-refractivity contribution in [1.29, 1.82) is 0 Å². The summed E-state index contributed by atoms with van der Waals surface area (Å²) in [5.41, 5.74) is 1.28. The number of benzene rings is 1. The highest BCUT2D eigenvalue weighted by Crippen LogP contribution is 2.20. The van der Waals surface area contributed by atoms with E-state index in [2.05, 4.69) is 9.88 Å². The van der Waals surface area contributed by atoms with Gasteiger partial charge in [0.1, 0.15) is 11.6 Å². The lowest BCUT2D eigenvalue weighted by Crippen LogP contribution is -2.23. The molecule has 2 aromatic rings. The quantitative estimate of drug-likeness (QED) is 0.940. The molecule has 1 N–H and O–H groups in total. The molecule has 0 saturated heterocycles. The largest absolute Gasteiger partial charge is 0.361 e. The minimum Gasteiger partial charge on any atom is -0.361 e. The number of rotatable bonds is 4. The van der Waals surface area contributed by atoms with Crippen LogP contribution in [0.3, 0.4) is 0 Å². The van der Waals surface area contributed by atoms with E-state index in [1.807, 2.05) is 0 Å². The summed E-state index contributed by atoms with van der Waals surface area (Å²) < 4.78 is 44.5. The van der Waals surface area contributed by atoms with Crippen LogP contribution in [-0.4, -0.2) is 13.6 Å². The fourth-order valence-corrected chi connectivity index (χ4v) is 2.92. The van der Waals surface area contributed by atoms with Gasteiger partial charge in [0.15, 0.2) is 0 Å². The summed E-state index contributed by atoms with van der Waals surface area (Å²) in [6, 6.07) is 3.22. The molecular weight excluding hydrogens is 307 g/mol. The summed E-state index contributed by atoms with van der Waals surface area (Å²) in [4.78, 5) is -0.101. The van der Waals surface area contributed by atoms with E-state index in [1.165, 1.54) is 0 Å². The minimum absolute atomic E-state index is 0.0402. The highest BCUT2D eigenvalue weighted by Gasteiger charge is 2.18. The summed E-state index contributed by atoms with van der Waals surface area (Å²) in [5, 5.41) is 3.49. The predicted molar refractivity (Wildman–Crippen MR) is 71.4 cm³/mol. The Morgan fingerprint density at radius 3 is 2.65 bits per heavy atom. The van der Waals surface area contributed by atoms with Gasteiger partial charge in [-0.05, 0) is 32.0 Å². The van der Waals surface area contributed by atoms with Crippen molar-refractivity contribution < 1.29 is 17.3 Å². The number of aryl methyl sites for hydroxylation is 2. The van der Waals surface area contributed by atoms with Crippen LogP contribution in [0.2, 0.25) is 5.02 Å². The van der Waals surface area contributed by atoms with E-state index in [1.54, 1.807) is 13.8 Å². The predicted octanol–water partition coefficient (Wildman–Crippen LogP) is 2.56. The Balaban J connectivity index is 2.21. The van der Waals surface area contributed by atoms with E-state index < -0.39 is 15.8 Å². The van der Waals surface area contributed by atoms with Crippen LogP contribution in [0, 0.1) is 19.7 Å². The normalized spacial score (nSPS) is 11.8. The molecule has 0 spiro atoms. The first-order chi connectivity index (χ1) is 9.31. The van der Waals surface area contributed by atoms with Crippen LogP contribution in [0.5, 0.6) is 0 Å². The molecule has 0 radical (unpaired) electrons. The number of nitrogens with one attached hydrogen (secondary N) is 1. The highest BCUT2D eigenvalue weighted by molar-refractivity contribution is 7.89. The van der Waals surface area contributed by atoms with E-state index in [0.29, 0.717) is 17.0 Å². The zero-order valence-electron chi connectivity index (χ0n) is 10.8. The maximum atomic E-state index is 13.0. The monoisotopic (exact) mass is 318 g/mol. The molecule has 5 nitrogen and oxygen atoms in total. The zero-order chi connectivity index (χ0) is 14.9. The van der Waals surface area contributed by atoms with Gasteiger partial charge >= 0.3 is 0 Å². The third-order valence-electron chi connectivity index (χ3n) is 2.82. The molecule has 1 aromatic carbocycles. The van der Waals surface area contributed by atoms with Gasteiger partial charge in [-0.15, -0.1) is 0 Å². The van der Waals surface area contributed by atoms with Crippen LogP contribution in [-0.2, 0) is 16.6 Å². The third-order valence-corrected chi connectivity index (χ3v) is 4.51. The van der Waals surface area contributed by atoms with Crippen LogP contribution < -0.4 is 4.72 Å². The average molecular weight is 319 g/mol. The molecule has 1 heterocycles. The summed E-state index contributed by atoms with van der Waals surface area (Å²) >= 11 is 5.58. The van der Waals surface area contributed by atoms with Gasteiger partial charge in [-0.3, -0.25) is 0 Å². The van der Waals surface area contributed by atoms with Crippen molar-refractivity contribution in [2.75, 3.05) is 0 Å². The van der Waals surface area contributed by atoms with Gasteiger partial charge in [0.05, 0.1) is 15.6 Å². The molecule has 0 bridgehead atoms. The zero-order valence-corrected chi connectivity index (χ0v) is 12.3. The Morgan fingerprint density at radius 2 is 2.10 bits per heavy atom. The number of nitrogens with zero attached hydrogens (tertiary/aromatic N) is 1. The fourth-order valence-electron chi connectivity index (χ4n) is 1.65. The maximum absolute atomic E-state index is 13.0. The van der Waals surface area contributed by atoms with Crippen molar-refractivity contribution in [3.63, 3.8) is 0 Å². The molecule has 0 fully saturated rings. The van der Waals surface area contributed by atoms with Gasteiger partial charge in [0.2, 0.25) is 10.0 Å². The Hall–Kier alpha value is -1.44. The molecule has 0 atom stereocenters. The topological polar surface area (TPSA) is 72.2 Å². The van der Waals surface area contributed by atoms with Crippen LogP contribution in [0.25, 0.3) is 0 Å². The lowest BCUT2D eigenvalue weighted by Gasteiger charge is -2.07. The Kier molecular flexibility index (Phi) is 4.12. The molecule has 0 aliphatic carbocycles. The van der Waals surface area contributed by atoms with E-state index in [9.17, 15) is 12.8 Å². The summed E-state index contributed by atoms with van der Waals surface area (Å²) in [7, 11) is -3.78. The number of halogens is 2. The molecule has 0 unspecified atom stereocenters. The van der Waals surface area contributed by atoms with Crippen molar-refractivity contribution in [1.82, 2.24) is 9.88 Å². The number of hydrogen-bond acceptors (Lipinski definition) is 4. The average Bonchev–Trinajstić information content (AvgIpc) is 2.70. The molecule has 0 aliphatic heterocycles. The first kappa shape index (κ1) is 15.0. The van der Waals surface area contributed by atoms with Crippen LogP contribution >= 0.6 is 11.6 Å². The fraction of sp³-hybridized carbons (Fsp3) is 0.250. The molecule has 0 amide bonds. The van der Waals surface area contributed by atoms with E-state index in [0.717, 1.165) is 18.2 Å². The summed E-state index contributed by atoms with van der Waals surface area (Å²) in [5.74, 6) is -0.126. The van der Waals surface area contributed by atoms with Gasteiger partial charge in [-0.1, -0.05) is 16.8 Å². The Bertz CT molecular complexity index is 724. The van der Waals surface area contributed by atoms with Gasteiger partial charge < -0.3 is 4.52 Å². The molecule has 0 aliphatic rings. The standard InChI is InChI=1S/C12H12ClFN2O3S/c1-7-10(8(2)19-16-7)6-15-20(17,18)9-3-4-12(14)11(13)5-9/h3-5,15H,6H2,1-2H3. The molecule has 1 aromatic heterocycles. The first-order valence-electron chi connectivity index (χ1n) is 5.67. The van der Waals surface area contributed by atoms with Crippen molar-refractivity contribution >= 4 is 21.6 Å². The molecular formula is C12H12ClFN2O3S. The van der Waals surface area contributed by atoms with Crippen molar-refractivity contribution in [3.05, 3.63) is 46.1 Å². The van der Waals surface area contributed by atoms with E-state index >= 15 is 0 Å². The highest BCUT2D eigenvalue weighted by atomic mass is 35.5. The Labute approximate surface area is 120 Å². The molecule has 0 saturated carbocycles. The van der Waals surface area contributed by atoms with Crippen LogP contribution in [0.4, 0.5) is 4.39 Å². The number of sulfonamides is 1. The van der Waals surface area contributed by atoms with Gasteiger partial charge in [-0.2, -0.15) is 0 Å². The summed E-state index contributed by atoms with van der Waals surface area (Å²) in [6.07, 6.45) is 0. The van der Waals surface area contributed by atoms with Gasteiger partial charge in [0, 0.05) is 12.1 Å². The SMILES string of the molecule is Cc1noc(C)c1CNS(=O)(=O)c1ccc(F)c(Cl)c1. The van der Waals surface area contributed by atoms with Crippen molar-refractivity contribution in [2.45, 2.75) is 25.3 Å². The lowest BCUT2D eigenvalue weighted by atomic mass is 10.2. The van der Waals surface area contributed by atoms with Crippen LogP contribution in [0.1, 0.15) is 17.0 Å². The van der Waals surface area contributed by atoms with Gasteiger partial charge in [0.25, 0.3) is 0 Å². The molecule has 20 heavy (non-hydrogen) atoms.